The summed E-state index contributed by atoms with van der Waals surface area (Å²) in [5, 5.41) is 10.1. The van der Waals surface area contributed by atoms with Crippen LogP contribution in [0.2, 0.25) is 0 Å². The molecule has 0 bridgehead atoms. The highest BCUT2D eigenvalue weighted by Gasteiger charge is 2.58. The van der Waals surface area contributed by atoms with Gasteiger partial charge in [0, 0.05) is 6.42 Å². The minimum absolute atomic E-state index is 0.155. The van der Waals surface area contributed by atoms with Crippen LogP contribution in [0, 0.1) is 34.5 Å². The monoisotopic (exact) mass is 428 g/mol. The summed E-state index contributed by atoms with van der Waals surface area (Å²) in [6.45, 7) is 8.91. The van der Waals surface area contributed by atoms with Gasteiger partial charge in [0.2, 0.25) is 0 Å². The average molecular weight is 429 g/mol. The second-order valence-electron chi connectivity index (χ2n) is 10.8. The molecule has 0 heterocycles. The number of alkyl halides is 3. The number of hydrogen-bond acceptors (Lipinski definition) is 1. The molecule has 7 atom stereocenters. The summed E-state index contributed by atoms with van der Waals surface area (Å²) in [4.78, 5) is 0. The predicted molar refractivity (Wildman–Crippen MR) is 117 cm³/mol. The van der Waals surface area contributed by atoms with Crippen molar-refractivity contribution in [2.45, 2.75) is 117 Å². The van der Waals surface area contributed by atoms with Gasteiger partial charge in [-0.3, -0.25) is 0 Å². The molecule has 1 nitrogen and oxygen atoms in total. The molecule has 0 radical (unpaired) electrons. The minimum atomic E-state index is -4.00. The van der Waals surface area contributed by atoms with Crippen LogP contribution >= 0.6 is 0 Å². The molecule has 2 unspecified atom stereocenters. The summed E-state index contributed by atoms with van der Waals surface area (Å²) in [6.07, 6.45) is 8.73. The quantitative estimate of drug-likeness (QED) is 0.354. The number of fused-ring (bicyclic) bond motifs is 5. The fraction of sp³-hybridized carbons (Fsp3) is 0.923. The maximum atomic E-state index is 12.5. The second-order valence-corrected chi connectivity index (χ2v) is 10.8. The Balaban J connectivity index is 0.00000124. The number of unbranched alkanes of at least 4 members (excludes halogenated alkanes) is 1. The minimum Gasteiger partial charge on any atom is -0.393 e. The molecule has 0 amide bonds. The molecule has 1 N–H and O–H groups in total. The highest BCUT2D eigenvalue weighted by molar-refractivity contribution is 5.25. The summed E-state index contributed by atoms with van der Waals surface area (Å²) in [7, 11) is 0. The number of halogens is 3. The van der Waals surface area contributed by atoms with Gasteiger partial charge in [-0.15, -0.1) is 0 Å². The van der Waals surface area contributed by atoms with Gasteiger partial charge in [-0.25, -0.2) is 0 Å². The summed E-state index contributed by atoms with van der Waals surface area (Å²) < 4.78 is 37.4. The molecular formula is C26H43F3O. The fourth-order valence-electron chi connectivity index (χ4n) is 7.94. The molecule has 0 aromatic rings. The van der Waals surface area contributed by atoms with E-state index in [9.17, 15) is 18.3 Å². The Hall–Kier alpha value is -0.510. The van der Waals surface area contributed by atoms with Crippen molar-refractivity contribution in [3.8, 4) is 0 Å². The largest absolute Gasteiger partial charge is 0.393 e. The molecule has 30 heavy (non-hydrogen) atoms. The molecule has 0 aliphatic heterocycles. The molecule has 0 aromatic carbocycles. The molecule has 4 heteroatoms. The third kappa shape index (κ3) is 4.50. The zero-order valence-corrected chi connectivity index (χ0v) is 19.5. The van der Waals surface area contributed by atoms with E-state index >= 15 is 0 Å². The summed E-state index contributed by atoms with van der Waals surface area (Å²) in [5.74, 6) is 2.82. The van der Waals surface area contributed by atoms with Crippen molar-refractivity contribution in [2.24, 2.45) is 34.5 Å². The van der Waals surface area contributed by atoms with E-state index in [0.717, 1.165) is 56.3 Å². The van der Waals surface area contributed by atoms with Crippen LogP contribution in [0.4, 0.5) is 13.2 Å². The van der Waals surface area contributed by atoms with Crippen LogP contribution in [0.25, 0.3) is 0 Å². The Kier molecular flexibility index (Phi) is 7.37. The van der Waals surface area contributed by atoms with Crippen molar-refractivity contribution in [1.82, 2.24) is 0 Å². The zero-order valence-electron chi connectivity index (χ0n) is 19.5. The first-order chi connectivity index (χ1) is 14.1. The molecule has 0 saturated heterocycles. The number of allylic oxidation sites excluding steroid dienone is 1. The van der Waals surface area contributed by atoms with Gasteiger partial charge in [0.05, 0.1) is 6.10 Å². The molecule has 3 saturated carbocycles. The van der Waals surface area contributed by atoms with E-state index in [-0.39, 0.29) is 11.5 Å². The van der Waals surface area contributed by atoms with Crippen molar-refractivity contribution in [2.75, 3.05) is 0 Å². The van der Waals surface area contributed by atoms with Gasteiger partial charge in [0.25, 0.3) is 0 Å². The van der Waals surface area contributed by atoms with Gasteiger partial charge in [0.15, 0.2) is 0 Å². The van der Waals surface area contributed by atoms with Gasteiger partial charge in [-0.05, 0) is 98.7 Å². The second kappa shape index (κ2) is 9.16. The highest BCUT2D eigenvalue weighted by Crippen LogP contribution is 2.66. The normalized spacial score (nSPS) is 42.9. The number of aliphatic hydroxyl groups excluding tert-OH is 1. The predicted octanol–water partition coefficient (Wildman–Crippen LogP) is 8.08. The fourth-order valence-corrected chi connectivity index (χ4v) is 7.94. The Morgan fingerprint density at radius 1 is 1.00 bits per heavy atom. The summed E-state index contributed by atoms with van der Waals surface area (Å²) in [5.41, 5.74) is 2.11. The molecule has 4 rings (SSSR count). The van der Waals surface area contributed by atoms with Gasteiger partial charge in [-0.1, -0.05) is 45.8 Å². The van der Waals surface area contributed by atoms with Gasteiger partial charge < -0.3 is 5.11 Å². The molecule has 3 fully saturated rings. The Bertz CT molecular complexity index is 612. The van der Waals surface area contributed by atoms with Crippen molar-refractivity contribution in [1.29, 1.82) is 0 Å². The third-order valence-corrected chi connectivity index (χ3v) is 9.54. The smallest absolute Gasteiger partial charge is 0.389 e. The SMILES string of the molecule is CC.C[C@]12CC[C@H](O)CC1=CC[C@@H]1C2CC[C@@]2(C)C1CC[C@@H]2CCCCC(F)(F)F. The van der Waals surface area contributed by atoms with E-state index in [1.165, 1.54) is 31.3 Å². The number of rotatable bonds is 4. The van der Waals surface area contributed by atoms with Gasteiger partial charge in [0.1, 0.15) is 0 Å². The first-order valence-electron chi connectivity index (χ1n) is 12.6. The zero-order chi connectivity index (χ0) is 22.2. The van der Waals surface area contributed by atoms with Crippen LogP contribution in [0.5, 0.6) is 0 Å². The highest BCUT2D eigenvalue weighted by atomic mass is 19.4. The van der Waals surface area contributed by atoms with Crippen LogP contribution in [-0.2, 0) is 0 Å². The first kappa shape index (κ1) is 24.1. The summed E-state index contributed by atoms with van der Waals surface area (Å²) >= 11 is 0. The van der Waals surface area contributed by atoms with Crippen molar-refractivity contribution >= 4 is 0 Å². The number of hydrogen-bond donors (Lipinski definition) is 1. The van der Waals surface area contributed by atoms with E-state index < -0.39 is 12.6 Å². The van der Waals surface area contributed by atoms with E-state index in [1.807, 2.05) is 13.8 Å². The van der Waals surface area contributed by atoms with Gasteiger partial charge >= 0.3 is 6.18 Å². The third-order valence-electron chi connectivity index (χ3n) is 9.54. The molecule has 0 aromatic heterocycles. The topological polar surface area (TPSA) is 20.2 Å². The number of aliphatic hydroxyl groups is 1. The summed E-state index contributed by atoms with van der Waals surface area (Å²) in [6, 6.07) is 0. The van der Waals surface area contributed by atoms with Crippen LogP contribution < -0.4 is 0 Å². The standard InChI is InChI=1S/C24H37F3O.C2H6/c1-22-14-11-21-19(8-6-17-15-18(28)10-13-23(17,21)2)20(22)9-7-16(22)5-3-4-12-24(25,26)27;1-2/h6,16,18-21,28H,3-5,7-15H2,1-2H3;1-2H3/t16-,18-,19-,20?,21?,22+,23-;/m0./s1. The maximum absolute atomic E-state index is 12.5. The molecular weight excluding hydrogens is 385 g/mol. The first-order valence-corrected chi connectivity index (χ1v) is 12.6. The lowest BCUT2D eigenvalue weighted by Crippen LogP contribution is -2.50. The van der Waals surface area contributed by atoms with Crippen LogP contribution in [-0.4, -0.2) is 17.4 Å². The van der Waals surface area contributed by atoms with Crippen LogP contribution in [0.15, 0.2) is 11.6 Å². The molecule has 4 aliphatic carbocycles. The lowest BCUT2D eigenvalue weighted by molar-refractivity contribution is -0.135. The Morgan fingerprint density at radius 2 is 1.73 bits per heavy atom. The molecule has 174 valence electrons. The van der Waals surface area contributed by atoms with E-state index in [2.05, 4.69) is 19.9 Å². The maximum Gasteiger partial charge on any atom is 0.389 e. The van der Waals surface area contributed by atoms with Crippen molar-refractivity contribution < 1.29 is 18.3 Å². The van der Waals surface area contributed by atoms with Crippen LogP contribution in [0.1, 0.15) is 105 Å². The molecule has 0 spiro atoms. The van der Waals surface area contributed by atoms with Crippen molar-refractivity contribution in [3.63, 3.8) is 0 Å². The van der Waals surface area contributed by atoms with E-state index in [0.29, 0.717) is 17.8 Å². The van der Waals surface area contributed by atoms with Gasteiger partial charge in [-0.2, -0.15) is 13.2 Å². The Morgan fingerprint density at radius 3 is 2.43 bits per heavy atom. The van der Waals surface area contributed by atoms with Crippen molar-refractivity contribution in [3.05, 3.63) is 11.6 Å². The lowest BCUT2D eigenvalue weighted by Gasteiger charge is -2.58. The Labute approximate surface area is 181 Å². The average Bonchev–Trinajstić information content (AvgIpc) is 3.03. The lowest BCUT2D eigenvalue weighted by atomic mass is 9.47. The van der Waals surface area contributed by atoms with Crippen LogP contribution in [0.3, 0.4) is 0 Å². The van der Waals surface area contributed by atoms with E-state index in [4.69, 9.17) is 0 Å². The van der Waals surface area contributed by atoms with E-state index in [1.54, 1.807) is 0 Å². The molecule has 4 aliphatic rings.